The van der Waals surface area contributed by atoms with Crippen molar-refractivity contribution in [3.05, 3.63) is 52.2 Å². The zero-order valence-electron chi connectivity index (χ0n) is 15.7. The van der Waals surface area contributed by atoms with Gasteiger partial charge in [-0.25, -0.2) is 4.99 Å². The minimum absolute atomic E-state index is 0.0478. The summed E-state index contributed by atoms with van der Waals surface area (Å²) in [5, 5.41) is 11.6. The van der Waals surface area contributed by atoms with Gasteiger partial charge in [-0.05, 0) is 42.0 Å². The number of hydrogen-bond acceptors (Lipinski definition) is 3. The van der Waals surface area contributed by atoms with Gasteiger partial charge in [0.2, 0.25) is 5.91 Å². The summed E-state index contributed by atoms with van der Waals surface area (Å²) in [6.07, 6.45) is 0.527. The summed E-state index contributed by atoms with van der Waals surface area (Å²) >= 11 is 1.72. The van der Waals surface area contributed by atoms with Crippen molar-refractivity contribution < 1.29 is 4.79 Å². The van der Waals surface area contributed by atoms with Gasteiger partial charge in [0, 0.05) is 23.5 Å². The van der Waals surface area contributed by atoms with Gasteiger partial charge in [-0.15, -0.1) is 11.3 Å². The number of nitrogens with zero attached hydrogens (tertiary/aromatic N) is 1. The summed E-state index contributed by atoms with van der Waals surface area (Å²) in [6, 6.07) is 12.0. The van der Waals surface area contributed by atoms with Crippen LogP contribution >= 0.6 is 11.3 Å². The van der Waals surface area contributed by atoms with E-state index < -0.39 is 0 Å². The van der Waals surface area contributed by atoms with Gasteiger partial charge in [-0.3, -0.25) is 4.79 Å². The minimum atomic E-state index is 0.0478. The summed E-state index contributed by atoms with van der Waals surface area (Å²) in [6.45, 7) is 8.24. The Morgan fingerprint density at radius 2 is 2.04 bits per heavy atom. The Morgan fingerprint density at radius 1 is 1.19 bits per heavy atom. The quantitative estimate of drug-likeness (QED) is 0.485. The lowest BCUT2D eigenvalue weighted by Gasteiger charge is -2.11. The van der Waals surface area contributed by atoms with Gasteiger partial charge in [0.15, 0.2) is 5.96 Å². The Morgan fingerprint density at radius 3 is 2.73 bits per heavy atom. The monoisotopic (exact) mass is 372 g/mol. The van der Waals surface area contributed by atoms with Crippen molar-refractivity contribution in [1.82, 2.24) is 10.6 Å². The molecule has 1 aromatic heterocycles. The molecule has 140 valence electrons. The molecule has 0 bridgehead atoms. The van der Waals surface area contributed by atoms with Crippen molar-refractivity contribution >= 4 is 28.9 Å². The number of aliphatic imine (C=N–C) groups is 1. The van der Waals surface area contributed by atoms with Crippen LogP contribution in [0.4, 0.5) is 5.69 Å². The third-order valence-corrected chi connectivity index (χ3v) is 4.45. The van der Waals surface area contributed by atoms with Crippen molar-refractivity contribution in [3.8, 4) is 0 Å². The summed E-state index contributed by atoms with van der Waals surface area (Å²) in [7, 11) is 0. The molecule has 5 nitrogen and oxygen atoms in total. The molecule has 3 N–H and O–H groups in total. The second-order valence-corrected chi connectivity index (χ2v) is 7.51. The molecule has 0 aliphatic rings. The van der Waals surface area contributed by atoms with E-state index in [1.165, 1.54) is 4.88 Å². The fraction of sp³-hybridized carbons (Fsp3) is 0.400. The Balaban J connectivity index is 1.95. The first kappa shape index (κ1) is 20.0. The number of carbonyl (C=O) groups is 1. The first-order valence-corrected chi connectivity index (χ1v) is 9.88. The van der Waals surface area contributed by atoms with Crippen LogP contribution in [0.3, 0.4) is 0 Å². The first-order chi connectivity index (χ1) is 12.6. The maximum absolute atomic E-state index is 11.9. The molecule has 0 radical (unpaired) electrons. The average Bonchev–Trinajstić information content (AvgIpc) is 3.10. The molecule has 1 heterocycles. The normalized spacial score (nSPS) is 11.5. The Labute approximate surface area is 159 Å². The van der Waals surface area contributed by atoms with Gasteiger partial charge < -0.3 is 16.0 Å². The predicted molar refractivity (Wildman–Crippen MR) is 111 cm³/mol. The van der Waals surface area contributed by atoms with E-state index in [-0.39, 0.29) is 5.91 Å². The summed E-state index contributed by atoms with van der Waals surface area (Å²) in [4.78, 5) is 17.8. The largest absolute Gasteiger partial charge is 0.357 e. The molecule has 0 atom stereocenters. The Hall–Kier alpha value is -2.34. The number of thiophene rings is 1. The molecule has 2 rings (SSSR count). The van der Waals surface area contributed by atoms with Crippen LogP contribution in [0.5, 0.6) is 0 Å². The maximum atomic E-state index is 11.9. The summed E-state index contributed by atoms with van der Waals surface area (Å²) in [5.74, 6) is 1.18. The fourth-order valence-electron chi connectivity index (χ4n) is 2.43. The number of rotatable bonds is 8. The lowest BCUT2D eigenvalue weighted by Crippen LogP contribution is -2.36. The third-order valence-electron chi connectivity index (χ3n) is 3.58. The number of anilines is 1. The second kappa shape index (κ2) is 10.6. The molecule has 26 heavy (non-hydrogen) atoms. The van der Waals surface area contributed by atoms with E-state index in [4.69, 9.17) is 0 Å². The lowest BCUT2D eigenvalue weighted by atomic mass is 10.1. The van der Waals surface area contributed by atoms with E-state index in [0.717, 1.165) is 30.3 Å². The molecule has 0 saturated heterocycles. The van der Waals surface area contributed by atoms with E-state index in [2.05, 4.69) is 32.4 Å². The topological polar surface area (TPSA) is 65.5 Å². The smallest absolute Gasteiger partial charge is 0.224 e. The molecule has 0 saturated carbocycles. The first-order valence-electron chi connectivity index (χ1n) is 9.00. The summed E-state index contributed by atoms with van der Waals surface area (Å²) < 4.78 is 0. The van der Waals surface area contributed by atoms with Crippen LogP contribution in [0.2, 0.25) is 0 Å². The van der Waals surface area contributed by atoms with E-state index in [0.29, 0.717) is 18.9 Å². The van der Waals surface area contributed by atoms with E-state index >= 15 is 0 Å². The standard InChI is InChI=1S/C20H28N4OS/c1-4-21-20(23-14-18-9-6-10-26-18)22-13-16-7-5-8-17(12-16)24-19(25)11-15(2)3/h5-10,12,15H,4,11,13-14H2,1-3H3,(H,24,25)(H2,21,22,23). The van der Waals surface area contributed by atoms with Crippen molar-refractivity contribution in [3.63, 3.8) is 0 Å². The maximum Gasteiger partial charge on any atom is 0.224 e. The molecule has 0 unspecified atom stereocenters. The Bertz CT molecular complexity index is 710. The van der Waals surface area contributed by atoms with Crippen LogP contribution in [0.15, 0.2) is 46.8 Å². The molecule has 6 heteroatoms. The number of nitrogens with one attached hydrogen (secondary N) is 3. The molecule has 1 amide bonds. The van der Waals surface area contributed by atoms with E-state index in [9.17, 15) is 4.79 Å². The minimum Gasteiger partial charge on any atom is -0.357 e. The number of guanidine groups is 1. The van der Waals surface area contributed by atoms with Crippen molar-refractivity contribution in [2.45, 2.75) is 40.3 Å². The number of amides is 1. The van der Waals surface area contributed by atoms with Crippen molar-refractivity contribution in [2.75, 3.05) is 11.9 Å². The molecule has 0 fully saturated rings. The predicted octanol–water partition coefficient (Wildman–Crippen LogP) is 3.99. The number of benzene rings is 1. The SMILES string of the molecule is CCNC(=NCc1cccc(NC(=O)CC(C)C)c1)NCc1cccs1. The van der Waals surface area contributed by atoms with Crippen LogP contribution in [-0.4, -0.2) is 18.4 Å². The van der Waals surface area contributed by atoms with Crippen LogP contribution < -0.4 is 16.0 Å². The van der Waals surface area contributed by atoms with Crippen LogP contribution in [0, 0.1) is 5.92 Å². The molecule has 2 aromatic rings. The van der Waals surface area contributed by atoms with Crippen molar-refractivity contribution in [2.24, 2.45) is 10.9 Å². The average molecular weight is 373 g/mol. The fourth-order valence-corrected chi connectivity index (χ4v) is 3.07. The van der Waals surface area contributed by atoms with Crippen LogP contribution in [0.1, 0.15) is 37.6 Å². The molecule has 0 spiro atoms. The molecule has 1 aromatic carbocycles. The highest BCUT2D eigenvalue weighted by Crippen LogP contribution is 2.13. The zero-order valence-corrected chi connectivity index (χ0v) is 16.5. The van der Waals surface area contributed by atoms with Gasteiger partial charge in [0.1, 0.15) is 0 Å². The zero-order chi connectivity index (χ0) is 18.8. The number of carbonyl (C=O) groups excluding carboxylic acids is 1. The highest BCUT2D eigenvalue weighted by Gasteiger charge is 2.06. The molecule has 0 aliphatic carbocycles. The molecular formula is C20H28N4OS. The Kier molecular flexibility index (Phi) is 8.15. The molecular weight excluding hydrogens is 344 g/mol. The highest BCUT2D eigenvalue weighted by atomic mass is 32.1. The van der Waals surface area contributed by atoms with E-state index in [1.54, 1.807) is 11.3 Å². The second-order valence-electron chi connectivity index (χ2n) is 6.47. The van der Waals surface area contributed by atoms with Crippen LogP contribution in [0.25, 0.3) is 0 Å². The number of hydrogen-bond donors (Lipinski definition) is 3. The van der Waals surface area contributed by atoms with Crippen LogP contribution in [-0.2, 0) is 17.9 Å². The lowest BCUT2D eigenvalue weighted by molar-refractivity contribution is -0.116. The van der Waals surface area contributed by atoms with Crippen molar-refractivity contribution in [1.29, 1.82) is 0 Å². The third kappa shape index (κ3) is 7.27. The molecule has 0 aliphatic heterocycles. The summed E-state index contributed by atoms with van der Waals surface area (Å²) in [5.41, 5.74) is 1.88. The van der Waals surface area contributed by atoms with E-state index in [1.807, 2.05) is 51.1 Å². The van der Waals surface area contributed by atoms with Gasteiger partial charge in [-0.1, -0.05) is 32.0 Å². The highest BCUT2D eigenvalue weighted by molar-refractivity contribution is 7.09. The van der Waals surface area contributed by atoms with Gasteiger partial charge >= 0.3 is 0 Å². The van der Waals surface area contributed by atoms with Gasteiger partial charge in [-0.2, -0.15) is 0 Å². The van der Waals surface area contributed by atoms with Gasteiger partial charge in [0.05, 0.1) is 13.1 Å². The van der Waals surface area contributed by atoms with Gasteiger partial charge in [0.25, 0.3) is 0 Å².